The van der Waals surface area contributed by atoms with E-state index in [0.717, 1.165) is 0 Å². The van der Waals surface area contributed by atoms with Crippen molar-refractivity contribution in [2.45, 2.75) is 45.8 Å². The second-order valence-corrected chi connectivity index (χ2v) is 5.15. The van der Waals surface area contributed by atoms with Crippen LogP contribution in [-0.2, 0) is 14.3 Å². The van der Waals surface area contributed by atoms with Crippen LogP contribution in [0.3, 0.4) is 0 Å². The number of rotatable bonds is 5. The average molecular weight is 217 g/mol. The highest BCUT2D eigenvalue weighted by Gasteiger charge is 2.18. The molecule has 0 amide bonds. The van der Waals surface area contributed by atoms with E-state index in [1.807, 2.05) is 34.6 Å². The third-order valence-electron chi connectivity index (χ3n) is 1.79. The molecule has 0 aliphatic carbocycles. The zero-order valence-electron chi connectivity index (χ0n) is 10.6. The van der Waals surface area contributed by atoms with Gasteiger partial charge in [0, 0.05) is 13.7 Å². The number of hydrogen-bond acceptors (Lipinski definition) is 4. The molecule has 0 spiro atoms. The minimum atomic E-state index is -0.421. The van der Waals surface area contributed by atoms with Crippen molar-refractivity contribution in [1.82, 2.24) is 5.32 Å². The van der Waals surface area contributed by atoms with E-state index in [1.54, 1.807) is 7.11 Å². The van der Waals surface area contributed by atoms with Crippen LogP contribution in [-0.4, -0.2) is 37.4 Å². The number of carbonyl (C=O) groups excluding carboxylic acids is 1. The van der Waals surface area contributed by atoms with E-state index in [9.17, 15) is 4.79 Å². The van der Waals surface area contributed by atoms with Crippen LogP contribution in [0.5, 0.6) is 0 Å². The number of nitrogens with one attached hydrogen (secondary N) is 1. The summed E-state index contributed by atoms with van der Waals surface area (Å²) in [5.74, 6) is -0.241. The summed E-state index contributed by atoms with van der Waals surface area (Å²) in [5.41, 5.74) is -0.683. The quantitative estimate of drug-likeness (QED) is 0.706. The Morgan fingerprint density at radius 1 is 1.20 bits per heavy atom. The van der Waals surface area contributed by atoms with Gasteiger partial charge in [0.05, 0.1) is 12.1 Å². The van der Waals surface area contributed by atoms with E-state index >= 15 is 0 Å². The monoisotopic (exact) mass is 217 g/mol. The van der Waals surface area contributed by atoms with E-state index in [2.05, 4.69) is 5.32 Å². The summed E-state index contributed by atoms with van der Waals surface area (Å²) >= 11 is 0. The lowest BCUT2D eigenvalue weighted by Crippen LogP contribution is -2.40. The van der Waals surface area contributed by atoms with Crippen molar-refractivity contribution in [3.05, 3.63) is 0 Å². The van der Waals surface area contributed by atoms with E-state index in [4.69, 9.17) is 9.47 Å². The maximum absolute atomic E-state index is 11.3. The standard InChI is InChI=1S/C11H23NO3/c1-10(2,3)15-9(13)7-12-8-11(4,5)14-6/h12H,7-8H2,1-6H3. The molecule has 4 nitrogen and oxygen atoms in total. The molecule has 0 aromatic carbocycles. The van der Waals surface area contributed by atoms with Crippen molar-refractivity contribution >= 4 is 5.97 Å². The SMILES string of the molecule is COC(C)(C)CNCC(=O)OC(C)(C)C. The first-order valence-electron chi connectivity index (χ1n) is 5.14. The zero-order chi connectivity index (χ0) is 12.1. The Morgan fingerprint density at radius 2 is 1.73 bits per heavy atom. The summed E-state index contributed by atoms with van der Waals surface area (Å²) in [7, 11) is 1.65. The fourth-order valence-electron chi connectivity index (χ4n) is 0.915. The predicted octanol–water partition coefficient (Wildman–Crippen LogP) is 1.34. The van der Waals surface area contributed by atoms with Gasteiger partial charge in [-0.2, -0.15) is 0 Å². The van der Waals surface area contributed by atoms with Gasteiger partial charge in [0.15, 0.2) is 0 Å². The van der Waals surface area contributed by atoms with Gasteiger partial charge in [0.25, 0.3) is 0 Å². The van der Waals surface area contributed by atoms with Crippen molar-refractivity contribution in [2.75, 3.05) is 20.2 Å². The molecule has 0 saturated heterocycles. The van der Waals surface area contributed by atoms with Crippen molar-refractivity contribution in [1.29, 1.82) is 0 Å². The molecule has 0 aliphatic heterocycles. The van der Waals surface area contributed by atoms with Crippen LogP contribution in [0.1, 0.15) is 34.6 Å². The predicted molar refractivity (Wildman–Crippen MR) is 59.8 cm³/mol. The van der Waals surface area contributed by atoms with Crippen LogP contribution in [0, 0.1) is 0 Å². The molecule has 0 atom stereocenters. The zero-order valence-corrected chi connectivity index (χ0v) is 10.6. The van der Waals surface area contributed by atoms with E-state index < -0.39 is 5.60 Å². The molecule has 4 heteroatoms. The van der Waals surface area contributed by atoms with Gasteiger partial charge in [0.2, 0.25) is 0 Å². The largest absolute Gasteiger partial charge is 0.459 e. The van der Waals surface area contributed by atoms with Gasteiger partial charge in [-0.15, -0.1) is 0 Å². The summed E-state index contributed by atoms with van der Waals surface area (Å²) < 4.78 is 10.3. The van der Waals surface area contributed by atoms with Crippen LogP contribution in [0.2, 0.25) is 0 Å². The Labute approximate surface area is 92.3 Å². The van der Waals surface area contributed by atoms with Gasteiger partial charge < -0.3 is 14.8 Å². The topological polar surface area (TPSA) is 47.6 Å². The van der Waals surface area contributed by atoms with Crippen LogP contribution >= 0.6 is 0 Å². The Balaban J connectivity index is 3.74. The molecule has 0 saturated carbocycles. The third-order valence-corrected chi connectivity index (χ3v) is 1.79. The highest BCUT2D eigenvalue weighted by Crippen LogP contribution is 2.07. The van der Waals surface area contributed by atoms with Gasteiger partial charge in [-0.3, -0.25) is 4.79 Å². The number of ether oxygens (including phenoxy) is 2. The molecule has 0 radical (unpaired) electrons. The second-order valence-electron chi connectivity index (χ2n) is 5.15. The molecule has 0 rings (SSSR count). The fraction of sp³-hybridized carbons (Fsp3) is 0.909. The van der Waals surface area contributed by atoms with Crippen LogP contribution in [0.4, 0.5) is 0 Å². The van der Waals surface area contributed by atoms with E-state index in [-0.39, 0.29) is 18.1 Å². The normalized spacial score (nSPS) is 12.7. The third kappa shape index (κ3) is 8.39. The molecular formula is C11H23NO3. The summed E-state index contributed by atoms with van der Waals surface area (Å²) in [6, 6.07) is 0. The molecular weight excluding hydrogens is 194 g/mol. The Kier molecular flexibility index (Phi) is 5.24. The highest BCUT2D eigenvalue weighted by molar-refractivity contribution is 5.72. The van der Waals surface area contributed by atoms with Crippen molar-refractivity contribution in [3.8, 4) is 0 Å². The molecule has 0 aromatic heterocycles. The van der Waals surface area contributed by atoms with Crippen LogP contribution in [0.15, 0.2) is 0 Å². The van der Waals surface area contributed by atoms with E-state index in [1.165, 1.54) is 0 Å². The Bertz CT molecular complexity index is 206. The van der Waals surface area contributed by atoms with Crippen LogP contribution in [0.25, 0.3) is 0 Å². The lowest BCUT2D eigenvalue weighted by atomic mass is 10.1. The smallest absolute Gasteiger partial charge is 0.320 e. The molecule has 0 heterocycles. The minimum Gasteiger partial charge on any atom is -0.459 e. The molecule has 90 valence electrons. The highest BCUT2D eigenvalue weighted by atomic mass is 16.6. The fourth-order valence-corrected chi connectivity index (χ4v) is 0.915. The number of carbonyl (C=O) groups is 1. The first kappa shape index (κ1) is 14.4. The lowest BCUT2D eigenvalue weighted by molar-refractivity contribution is -0.153. The van der Waals surface area contributed by atoms with Crippen molar-refractivity contribution in [2.24, 2.45) is 0 Å². The summed E-state index contributed by atoms with van der Waals surface area (Å²) in [4.78, 5) is 11.3. The maximum Gasteiger partial charge on any atom is 0.320 e. The molecule has 15 heavy (non-hydrogen) atoms. The minimum absolute atomic E-state index is 0.212. The average Bonchev–Trinajstić information content (AvgIpc) is 2.00. The van der Waals surface area contributed by atoms with Crippen molar-refractivity contribution in [3.63, 3.8) is 0 Å². The van der Waals surface area contributed by atoms with Gasteiger partial charge in [-0.25, -0.2) is 0 Å². The maximum atomic E-state index is 11.3. The summed E-state index contributed by atoms with van der Waals surface area (Å²) in [6.07, 6.45) is 0. The summed E-state index contributed by atoms with van der Waals surface area (Å²) in [6.45, 7) is 10.3. The molecule has 0 unspecified atom stereocenters. The van der Waals surface area contributed by atoms with Gasteiger partial charge >= 0.3 is 5.97 Å². The molecule has 1 N–H and O–H groups in total. The molecule has 0 bridgehead atoms. The van der Waals surface area contributed by atoms with Crippen molar-refractivity contribution < 1.29 is 14.3 Å². The molecule has 0 aliphatic rings. The van der Waals surface area contributed by atoms with E-state index in [0.29, 0.717) is 6.54 Å². The van der Waals surface area contributed by atoms with Gasteiger partial charge in [-0.05, 0) is 34.6 Å². The first-order chi connectivity index (χ1) is 6.66. The lowest BCUT2D eigenvalue weighted by Gasteiger charge is -2.24. The Morgan fingerprint density at radius 3 is 2.13 bits per heavy atom. The summed E-state index contributed by atoms with van der Waals surface area (Å²) in [5, 5.41) is 3.00. The number of esters is 1. The number of hydrogen-bond donors (Lipinski definition) is 1. The first-order valence-corrected chi connectivity index (χ1v) is 5.14. The van der Waals surface area contributed by atoms with Gasteiger partial charge in [0.1, 0.15) is 5.60 Å². The second kappa shape index (κ2) is 5.47. The van der Waals surface area contributed by atoms with Gasteiger partial charge in [-0.1, -0.05) is 0 Å². The Hall–Kier alpha value is -0.610. The molecule has 0 aromatic rings. The van der Waals surface area contributed by atoms with Crippen LogP contribution < -0.4 is 5.32 Å². The number of methoxy groups -OCH3 is 1. The molecule has 0 fully saturated rings.